The molecule has 21 heavy (non-hydrogen) atoms. The summed E-state index contributed by atoms with van der Waals surface area (Å²) in [6.45, 7) is 1.76. The molecule has 1 aromatic carbocycles. The van der Waals surface area contributed by atoms with Gasteiger partial charge in [-0.3, -0.25) is 9.59 Å². The maximum Gasteiger partial charge on any atom is 0.253 e. The number of nitrogens with one attached hydrogen (secondary N) is 2. The van der Waals surface area contributed by atoms with E-state index in [0.717, 1.165) is 0 Å². The largest absolute Gasteiger partial charge is 0.396 e. The van der Waals surface area contributed by atoms with Gasteiger partial charge in [0.15, 0.2) is 0 Å². The maximum atomic E-state index is 11.9. The van der Waals surface area contributed by atoms with Gasteiger partial charge < -0.3 is 15.7 Å². The van der Waals surface area contributed by atoms with Crippen molar-refractivity contribution in [1.82, 2.24) is 10.6 Å². The zero-order valence-corrected chi connectivity index (χ0v) is 13.2. The molecular weight excluding hydrogens is 315 g/mol. The van der Waals surface area contributed by atoms with E-state index in [4.69, 9.17) is 28.3 Å². The highest BCUT2D eigenvalue weighted by Crippen LogP contribution is 2.20. The van der Waals surface area contributed by atoms with Crippen molar-refractivity contribution in [3.8, 4) is 0 Å². The van der Waals surface area contributed by atoms with Crippen LogP contribution in [0.15, 0.2) is 18.2 Å². The molecule has 1 unspecified atom stereocenters. The summed E-state index contributed by atoms with van der Waals surface area (Å²) < 4.78 is 0. The number of halogens is 2. The molecule has 0 aliphatic heterocycles. The van der Waals surface area contributed by atoms with Crippen LogP contribution in [0.3, 0.4) is 0 Å². The summed E-state index contributed by atoms with van der Waals surface area (Å²) in [5.74, 6) is -0.754. The fraction of sp³-hybridized carbons (Fsp3) is 0.429. The minimum atomic E-state index is -0.443. The molecule has 0 radical (unpaired) electrons. The molecule has 0 bridgehead atoms. The van der Waals surface area contributed by atoms with Crippen molar-refractivity contribution in [2.24, 2.45) is 0 Å². The normalized spacial score (nSPS) is 11.8. The SMILES string of the molecule is CCC(CCO)NC(=O)CNC(=O)c1ccc(Cl)cc1Cl. The standard InChI is InChI=1S/C14H18Cl2N2O3/c1-2-10(5-6-19)18-13(20)8-17-14(21)11-4-3-9(15)7-12(11)16/h3-4,7,10,19H,2,5-6,8H2,1H3,(H,17,21)(H,18,20). The summed E-state index contributed by atoms with van der Waals surface area (Å²) >= 11 is 11.7. The van der Waals surface area contributed by atoms with Crippen molar-refractivity contribution in [2.45, 2.75) is 25.8 Å². The molecule has 1 rings (SSSR count). The van der Waals surface area contributed by atoms with E-state index in [1.165, 1.54) is 12.1 Å². The Morgan fingerprint density at radius 3 is 2.62 bits per heavy atom. The van der Waals surface area contributed by atoms with Gasteiger partial charge in [-0.2, -0.15) is 0 Å². The van der Waals surface area contributed by atoms with Crippen molar-refractivity contribution in [1.29, 1.82) is 0 Å². The Hall–Kier alpha value is -1.30. The molecular formula is C14H18Cl2N2O3. The number of amides is 2. The molecule has 5 nitrogen and oxygen atoms in total. The minimum absolute atomic E-state index is 0.00548. The first-order chi connectivity index (χ1) is 9.97. The fourth-order valence-corrected chi connectivity index (χ4v) is 2.24. The number of carbonyl (C=O) groups is 2. The monoisotopic (exact) mass is 332 g/mol. The number of carbonyl (C=O) groups excluding carboxylic acids is 2. The summed E-state index contributed by atoms with van der Waals surface area (Å²) in [6.07, 6.45) is 1.20. The topological polar surface area (TPSA) is 78.4 Å². The zero-order chi connectivity index (χ0) is 15.8. The molecule has 7 heteroatoms. The van der Waals surface area contributed by atoms with Gasteiger partial charge in [0.1, 0.15) is 0 Å². The molecule has 0 fully saturated rings. The van der Waals surface area contributed by atoms with Gasteiger partial charge in [-0.05, 0) is 31.0 Å². The lowest BCUT2D eigenvalue weighted by atomic mass is 10.1. The second-order valence-electron chi connectivity index (χ2n) is 4.49. The van der Waals surface area contributed by atoms with Gasteiger partial charge in [0.2, 0.25) is 5.91 Å². The number of aliphatic hydroxyl groups excluding tert-OH is 1. The molecule has 0 spiro atoms. The number of hydrogen-bond acceptors (Lipinski definition) is 3. The summed E-state index contributed by atoms with van der Waals surface area (Å²) in [5, 5.41) is 14.7. The van der Waals surface area contributed by atoms with Crippen LogP contribution in [0.25, 0.3) is 0 Å². The van der Waals surface area contributed by atoms with Gasteiger partial charge in [-0.25, -0.2) is 0 Å². The van der Waals surface area contributed by atoms with Crippen LogP contribution in [0.4, 0.5) is 0 Å². The highest BCUT2D eigenvalue weighted by molar-refractivity contribution is 6.36. The third kappa shape index (κ3) is 5.91. The van der Waals surface area contributed by atoms with Crippen LogP contribution in [0, 0.1) is 0 Å². The Morgan fingerprint density at radius 1 is 1.33 bits per heavy atom. The zero-order valence-electron chi connectivity index (χ0n) is 11.7. The Morgan fingerprint density at radius 2 is 2.05 bits per heavy atom. The molecule has 1 aromatic rings. The molecule has 2 amide bonds. The van der Waals surface area contributed by atoms with Gasteiger partial charge in [0.25, 0.3) is 5.91 Å². The fourth-order valence-electron chi connectivity index (χ4n) is 1.74. The van der Waals surface area contributed by atoms with Crippen LogP contribution in [0.5, 0.6) is 0 Å². The average molecular weight is 333 g/mol. The Labute approximate surface area is 133 Å². The molecule has 0 aliphatic rings. The second kappa shape index (κ2) is 8.87. The summed E-state index contributed by atoms with van der Waals surface area (Å²) in [4.78, 5) is 23.6. The van der Waals surface area contributed by atoms with Gasteiger partial charge in [0.05, 0.1) is 17.1 Å². The van der Waals surface area contributed by atoms with Crippen molar-refractivity contribution in [2.75, 3.05) is 13.2 Å². The number of hydrogen-bond donors (Lipinski definition) is 3. The molecule has 3 N–H and O–H groups in total. The minimum Gasteiger partial charge on any atom is -0.396 e. The van der Waals surface area contributed by atoms with Crippen molar-refractivity contribution in [3.05, 3.63) is 33.8 Å². The smallest absolute Gasteiger partial charge is 0.253 e. The van der Waals surface area contributed by atoms with E-state index >= 15 is 0 Å². The number of aliphatic hydroxyl groups is 1. The molecule has 0 heterocycles. The van der Waals surface area contributed by atoms with E-state index < -0.39 is 5.91 Å². The van der Waals surface area contributed by atoms with Crippen molar-refractivity contribution in [3.63, 3.8) is 0 Å². The first kappa shape index (κ1) is 17.8. The van der Waals surface area contributed by atoms with E-state index in [1.807, 2.05) is 6.92 Å². The second-order valence-corrected chi connectivity index (χ2v) is 5.34. The average Bonchev–Trinajstić information content (AvgIpc) is 2.44. The summed E-state index contributed by atoms with van der Waals surface area (Å²) in [5.41, 5.74) is 0.260. The predicted molar refractivity (Wildman–Crippen MR) is 82.7 cm³/mol. The third-order valence-corrected chi connectivity index (χ3v) is 3.47. The van der Waals surface area contributed by atoms with E-state index in [0.29, 0.717) is 17.9 Å². The Bertz CT molecular complexity index is 509. The van der Waals surface area contributed by atoms with Crippen LogP contribution < -0.4 is 10.6 Å². The van der Waals surface area contributed by atoms with E-state index in [2.05, 4.69) is 10.6 Å². The van der Waals surface area contributed by atoms with Crippen LogP contribution >= 0.6 is 23.2 Å². The summed E-state index contributed by atoms with van der Waals surface area (Å²) in [7, 11) is 0. The van der Waals surface area contributed by atoms with Crippen LogP contribution in [-0.4, -0.2) is 36.1 Å². The lowest BCUT2D eigenvalue weighted by molar-refractivity contribution is -0.120. The highest BCUT2D eigenvalue weighted by Gasteiger charge is 2.14. The van der Waals surface area contributed by atoms with Gasteiger partial charge in [-0.1, -0.05) is 30.1 Å². The molecule has 0 aromatic heterocycles. The molecule has 0 aliphatic carbocycles. The number of rotatable bonds is 7. The van der Waals surface area contributed by atoms with Crippen LogP contribution in [0.1, 0.15) is 30.1 Å². The Kier molecular flexibility index (Phi) is 7.50. The third-order valence-electron chi connectivity index (χ3n) is 2.92. The van der Waals surface area contributed by atoms with Crippen LogP contribution in [0.2, 0.25) is 10.0 Å². The van der Waals surface area contributed by atoms with Crippen LogP contribution in [-0.2, 0) is 4.79 Å². The predicted octanol–water partition coefficient (Wildman–Crippen LogP) is 2.00. The maximum absolute atomic E-state index is 11.9. The van der Waals surface area contributed by atoms with Gasteiger partial charge in [0, 0.05) is 17.7 Å². The highest BCUT2D eigenvalue weighted by atomic mass is 35.5. The number of benzene rings is 1. The van der Waals surface area contributed by atoms with Crippen molar-refractivity contribution >= 4 is 35.0 Å². The molecule has 0 saturated carbocycles. The van der Waals surface area contributed by atoms with E-state index in [-0.39, 0.29) is 35.7 Å². The lowest BCUT2D eigenvalue weighted by Crippen LogP contribution is -2.42. The van der Waals surface area contributed by atoms with E-state index in [9.17, 15) is 9.59 Å². The molecule has 116 valence electrons. The first-order valence-electron chi connectivity index (χ1n) is 6.61. The molecule has 1 atom stereocenters. The summed E-state index contributed by atoms with van der Waals surface area (Å²) in [6, 6.07) is 4.42. The Balaban J connectivity index is 2.50. The lowest BCUT2D eigenvalue weighted by Gasteiger charge is -2.16. The quantitative estimate of drug-likeness (QED) is 0.714. The van der Waals surface area contributed by atoms with Crippen molar-refractivity contribution < 1.29 is 14.7 Å². The van der Waals surface area contributed by atoms with Gasteiger partial charge >= 0.3 is 0 Å². The van der Waals surface area contributed by atoms with E-state index in [1.54, 1.807) is 6.07 Å². The molecule has 0 saturated heterocycles. The van der Waals surface area contributed by atoms with Gasteiger partial charge in [-0.15, -0.1) is 0 Å². The first-order valence-corrected chi connectivity index (χ1v) is 7.37.